The van der Waals surface area contributed by atoms with E-state index in [1.807, 2.05) is 12.1 Å². The van der Waals surface area contributed by atoms with Crippen LogP contribution in [0.5, 0.6) is 0 Å². The Labute approximate surface area is 96.6 Å². The highest BCUT2D eigenvalue weighted by Gasteiger charge is 2.07. The molecule has 66 valence electrons. The second kappa shape index (κ2) is 3.52. The zero-order valence-electron chi connectivity index (χ0n) is 6.26. The summed E-state index contributed by atoms with van der Waals surface area (Å²) in [6.07, 6.45) is 1.45. The van der Waals surface area contributed by atoms with E-state index in [1.165, 1.54) is 6.33 Å². The summed E-state index contributed by atoms with van der Waals surface area (Å²) in [4.78, 5) is 8.04. The molecule has 1 aromatic carbocycles. The molecule has 1 heterocycles. The number of hydrogen-bond donors (Lipinski definition) is 0. The van der Waals surface area contributed by atoms with Gasteiger partial charge in [0.25, 0.3) is 0 Å². The second-order valence-corrected chi connectivity index (χ2v) is 4.48. The zero-order chi connectivity index (χ0) is 9.42. The van der Waals surface area contributed by atoms with Crippen LogP contribution in [0.15, 0.2) is 27.4 Å². The summed E-state index contributed by atoms with van der Waals surface area (Å²) in [5.74, 6) is 0. The van der Waals surface area contributed by atoms with Crippen molar-refractivity contribution in [2.45, 2.75) is 0 Å². The van der Waals surface area contributed by atoms with E-state index in [4.69, 9.17) is 11.6 Å². The Morgan fingerprint density at radius 1 is 1.08 bits per heavy atom. The van der Waals surface area contributed by atoms with Gasteiger partial charge in [0, 0.05) is 8.95 Å². The van der Waals surface area contributed by atoms with Crippen LogP contribution >= 0.6 is 43.5 Å². The van der Waals surface area contributed by atoms with Gasteiger partial charge in [-0.25, -0.2) is 9.97 Å². The van der Waals surface area contributed by atoms with Gasteiger partial charge >= 0.3 is 0 Å². The molecule has 0 atom stereocenters. The standard InChI is InChI=1S/C8H3Br2ClN2/c9-4-1-2-5(10)7-6(4)8(11)13-3-12-7/h1-3H. The van der Waals surface area contributed by atoms with Gasteiger partial charge in [-0.3, -0.25) is 0 Å². The van der Waals surface area contributed by atoms with Gasteiger partial charge in [-0.1, -0.05) is 11.6 Å². The average molecular weight is 322 g/mol. The summed E-state index contributed by atoms with van der Waals surface area (Å²) in [6.45, 7) is 0. The zero-order valence-corrected chi connectivity index (χ0v) is 10.2. The van der Waals surface area contributed by atoms with Gasteiger partial charge in [-0.05, 0) is 44.0 Å². The summed E-state index contributed by atoms with van der Waals surface area (Å²) >= 11 is 12.7. The maximum Gasteiger partial charge on any atom is 0.141 e. The van der Waals surface area contributed by atoms with Crippen LogP contribution in [0, 0.1) is 0 Å². The molecule has 13 heavy (non-hydrogen) atoms. The van der Waals surface area contributed by atoms with Gasteiger partial charge in [0.15, 0.2) is 0 Å². The Kier molecular flexibility index (Phi) is 2.53. The van der Waals surface area contributed by atoms with E-state index < -0.39 is 0 Å². The van der Waals surface area contributed by atoms with Crippen molar-refractivity contribution in [3.63, 3.8) is 0 Å². The SMILES string of the molecule is Clc1ncnc2c(Br)ccc(Br)c12. The third-order valence-corrected chi connectivity index (χ3v) is 3.23. The van der Waals surface area contributed by atoms with Gasteiger partial charge in [-0.15, -0.1) is 0 Å². The Morgan fingerprint density at radius 2 is 1.77 bits per heavy atom. The normalized spacial score (nSPS) is 10.7. The van der Waals surface area contributed by atoms with Crippen LogP contribution in [0.4, 0.5) is 0 Å². The van der Waals surface area contributed by atoms with E-state index in [0.29, 0.717) is 5.15 Å². The van der Waals surface area contributed by atoms with Gasteiger partial charge in [0.05, 0.1) is 10.9 Å². The predicted molar refractivity (Wildman–Crippen MR) is 59.9 cm³/mol. The van der Waals surface area contributed by atoms with Crippen LogP contribution in [0.2, 0.25) is 5.15 Å². The lowest BCUT2D eigenvalue weighted by molar-refractivity contribution is 1.22. The topological polar surface area (TPSA) is 25.8 Å². The maximum atomic E-state index is 5.93. The average Bonchev–Trinajstić information content (AvgIpc) is 2.12. The van der Waals surface area contributed by atoms with Crippen molar-refractivity contribution in [2.75, 3.05) is 0 Å². The first-order chi connectivity index (χ1) is 6.20. The lowest BCUT2D eigenvalue weighted by atomic mass is 10.2. The van der Waals surface area contributed by atoms with Gasteiger partial charge in [0.1, 0.15) is 11.5 Å². The quantitative estimate of drug-likeness (QED) is 0.689. The molecule has 0 spiro atoms. The molecule has 0 saturated heterocycles. The Balaban J connectivity index is 3.00. The molecule has 0 fully saturated rings. The van der Waals surface area contributed by atoms with E-state index in [-0.39, 0.29) is 0 Å². The number of halogens is 3. The van der Waals surface area contributed by atoms with Crippen LogP contribution in [0.25, 0.3) is 10.9 Å². The number of fused-ring (bicyclic) bond motifs is 1. The summed E-state index contributed by atoms with van der Waals surface area (Å²) < 4.78 is 1.81. The Bertz CT molecular complexity index is 465. The fourth-order valence-electron chi connectivity index (χ4n) is 1.07. The van der Waals surface area contributed by atoms with Crippen LogP contribution in [-0.2, 0) is 0 Å². The molecule has 0 amide bonds. The van der Waals surface area contributed by atoms with E-state index in [9.17, 15) is 0 Å². The molecule has 0 aliphatic carbocycles. The maximum absolute atomic E-state index is 5.93. The first-order valence-corrected chi connectivity index (χ1v) is 5.41. The highest BCUT2D eigenvalue weighted by molar-refractivity contribution is 9.11. The van der Waals surface area contributed by atoms with Crippen molar-refractivity contribution in [1.29, 1.82) is 0 Å². The molecule has 2 rings (SSSR count). The van der Waals surface area contributed by atoms with Crippen LogP contribution in [0.1, 0.15) is 0 Å². The van der Waals surface area contributed by atoms with Crippen molar-refractivity contribution in [2.24, 2.45) is 0 Å². The number of nitrogens with zero attached hydrogens (tertiary/aromatic N) is 2. The minimum atomic E-state index is 0.457. The summed E-state index contributed by atoms with van der Waals surface area (Å²) in [7, 11) is 0. The molecule has 0 aliphatic heterocycles. The summed E-state index contributed by atoms with van der Waals surface area (Å²) in [5, 5.41) is 1.29. The molecular formula is C8H3Br2ClN2. The number of rotatable bonds is 0. The molecule has 2 nitrogen and oxygen atoms in total. The lowest BCUT2D eigenvalue weighted by Gasteiger charge is -2.02. The van der Waals surface area contributed by atoms with E-state index in [0.717, 1.165) is 19.8 Å². The molecule has 0 unspecified atom stereocenters. The molecule has 1 aromatic heterocycles. The molecule has 0 aliphatic rings. The van der Waals surface area contributed by atoms with Gasteiger partial charge in [-0.2, -0.15) is 0 Å². The minimum Gasteiger partial charge on any atom is -0.235 e. The van der Waals surface area contributed by atoms with Crippen molar-refractivity contribution < 1.29 is 0 Å². The minimum absolute atomic E-state index is 0.457. The van der Waals surface area contributed by atoms with Crippen LogP contribution < -0.4 is 0 Å². The second-order valence-electron chi connectivity index (χ2n) is 2.42. The third-order valence-electron chi connectivity index (χ3n) is 1.64. The van der Waals surface area contributed by atoms with E-state index in [1.54, 1.807) is 0 Å². The highest BCUT2D eigenvalue weighted by atomic mass is 79.9. The molecule has 5 heteroatoms. The van der Waals surface area contributed by atoms with Crippen molar-refractivity contribution in [1.82, 2.24) is 9.97 Å². The van der Waals surface area contributed by atoms with Crippen molar-refractivity contribution >= 4 is 54.4 Å². The van der Waals surface area contributed by atoms with Crippen molar-refractivity contribution in [3.05, 3.63) is 32.6 Å². The van der Waals surface area contributed by atoms with Gasteiger partial charge in [0.2, 0.25) is 0 Å². The number of hydrogen-bond acceptors (Lipinski definition) is 2. The fraction of sp³-hybridized carbons (Fsp3) is 0. The van der Waals surface area contributed by atoms with E-state index >= 15 is 0 Å². The van der Waals surface area contributed by atoms with E-state index in [2.05, 4.69) is 41.8 Å². The number of aromatic nitrogens is 2. The predicted octanol–water partition coefficient (Wildman–Crippen LogP) is 3.81. The number of benzene rings is 1. The van der Waals surface area contributed by atoms with Crippen LogP contribution in [0.3, 0.4) is 0 Å². The fourth-order valence-corrected chi connectivity index (χ4v) is 2.36. The van der Waals surface area contributed by atoms with Crippen molar-refractivity contribution in [3.8, 4) is 0 Å². The Hall–Kier alpha value is -0.190. The van der Waals surface area contributed by atoms with Crippen LogP contribution in [-0.4, -0.2) is 9.97 Å². The molecular weight excluding hydrogens is 319 g/mol. The smallest absolute Gasteiger partial charge is 0.141 e. The third kappa shape index (κ3) is 1.58. The van der Waals surface area contributed by atoms with Gasteiger partial charge < -0.3 is 0 Å². The summed E-state index contributed by atoms with van der Waals surface area (Å²) in [6, 6.07) is 3.82. The summed E-state index contributed by atoms with van der Waals surface area (Å²) in [5.41, 5.74) is 0.814. The molecule has 0 bridgehead atoms. The molecule has 0 saturated carbocycles. The largest absolute Gasteiger partial charge is 0.235 e. The monoisotopic (exact) mass is 320 g/mol. The molecule has 0 radical (unpaired) electrons. The molecule has 2 aromatic rings. The molecule has 0 N–H and O–H groups in total. The first kappa shape index (κ1) is 9.37. The first-order valence-electron chi connectivity index (χ1n) is 3.44. The highest BCUT2D eigenvalue weighted by Crippen LogP contribution is 2.32. The lowest BCUT2D eigenvalue weighted by Crippen LogP contribution is -1.85. The Morgan fingerprint density at radius 3 is 2.46 bits per heavy atom.